The number of anilines is 1. The van der Waals surface area contributed by atoms with Gasteiger partial charge < -0.3 is 10.4 Å². The van der Waals surface area contributed by atoms with Crippen LogP contribution in [0.25, 0.3) is 5.69 Å². The number of hydrogen-bond donors (Lipinski definition) is 3. The highest BCUT2D eigenvalue weighted by Crippen LogP contribution is 2.17. The number of aliphatic carboxylic acids is 1. The predicted octanol–water partition coefficient (Wildman–Crippen LogP) is 2.52. The lowest BCUT2D eigenvalue weighted by Gasteiger charge is -2.19. The quantitative estimate of drug-likeness (QED) is 0.674. The average molecular weight is 358 g/mol. The van der Waals surface area contributed by atoms with Crippen molar-refractivity contribution in [1.82, 2.24) is 15.1 Å². The standard InChI is InChI=1S/C19H26N4O3/c1-5-13(3)18(19(25)26)20-11-17(24)21-16-10-14(4)22-23(16)15-8-6-12(2)7-9-15/h6-10,13,18,20H,5,11H2,1-4H3,(H,21,24)(H,25,26)/t13-,18-/m0/s1. The van der Waals surface area contributed by atoms with Crippen molar-refractivity contribution in [2.75, 3.05) is 11.9 Å². The zero-order valence-corrected chi connectivity index (χ0v) is 15.6. The number of carbonyl (C=O) groups is 2. The summed E-state index contributed by atoms with van der Waals surface area (Å²) in [4.78, 5) is 23.6. The first-order valence-electron chi connectivity index (χ1n) is 8.71. The molecule has 2 aromatic rings. The number of benzene rings is 1. The number of carbonyl (C=O) groups excluding carboxylic acids is 1. The molecular formula is C19H26N4O3. The van der Waals surface area contributed by atoms with Gasteiger partial charge in [0.1, 0.15) is 11.9 Å². The van der Waals surface area contributed by atoms with Crippen molar-refractivity contribution >= 4 is 17.7 Å². The van der Waals surface area contributed by atoms with Gasteiger partial charge in [-0.05, 0) is 31.9 Å². The highest BCUT2D eigenvalue weighted by molar-refractivity contribution is 5.92. The van der Waals surface area contributed by atoms with Gasteiger partial charge in [0.15, 0.2) is 0 Å². The smallest absolute Gasteiger partial charge is 0.320 e. The lowest BCUT2D eigenvalue weighted by atomic mass is 9.99. The Kier molecular flexibility index (Phi) is 6.52. The lowest BCUT2D eigenvalue weighted by Crippen LogP contribution is -2.45. The Morgan fingerprint density at radius 2 is 1.88 bits per heavy atom. The van der Waals surface area contributed by atoms with E-state index in [-0.39, 0.29) is 18.4 Å². The molecule has 26 heavy (non-hydrogen) atoms. The minimum Gasteiger partial charge on any atom is -0.480 e. The second-order valence-corrected chi connectivity index (χ2v) is 6.55. The molecule has 0 fully saturated rings. The molecule has 2 atom stereocenters. The molecule has 1 heterocycles. The summed E-state index contributed by atoms with van der Waals surface area (Å²) in [7, 11) is 0. The zero-order valence-electron chi connectivity index (χ0n) is 15.6. The van der Waals surface area contributed by atoms with Crippen LogP contribution >= 0.6 is 0 Å². The summed E-state index contributed by atoms with van der Waals surface area (Å²) in [5.41, 5.74) is 2.75. The predicted molar refractivity (Wildman–Crippen MR) is 101 cm³/mol. The molecule has 1 aromatic heterocycles. The topological polar surface area (TPSA) is 96.3 Å². The zero-order chi connectivity index (χ0) is 19.3. The Bertz CT molecular complexity index is 768. The van der Waals surface area contributed by atoms with Crippen LogP contribution in [0.3, 0.4) is 0 Å². The van der Waals surface area contributed by atoms with E-state index in [9.17, 15) is 14.7 Å². The van der Waals surface area contributed by atoms with Crippen LogP contribution in [0.1, 0.15) is 31.5 Å². The second-order valence-electron chi connectivity index (χ2n) is 6.55. The molecular weight excluding hydrogens is 332 g/mol. The number of amides is 1. The SMILES string of the molecule is CC[C@H](C)[C@H](NCC(=O)Nc1cc(C)nn1-c1ccc(C)cc1)C(=O)O. The maximum atomic E-state index is 12.3. The van der Waals surface area contributed by atoms with E-state index in [0.717, 1.165) is 16.9 Å². The van der Waals surface area contributed by atoms with Crippen molar-refractivity contribution in [2.45, 2.75) is 40.2 Å². The number of hydrogen-bond acceptors (Lipinski definition) is 4. The van der Waals surface area contributed by atoms with Crippen LogP contribution < -0.4 is 10.6 Å². The number of carboxylic acids is 1. The van der Waals surface area contributed by atoms with Crippen LogP contribution in [0.5, 0.6) is 0 Å². The highest BCUT2D eigenvalue weighted by Gasteiger charge is 2.23. The Morgan fingerprint density at radius 3 is 2.46 bits per heavy atom. The van der Waals surface area contributed by atoms with Gasteiger partial charge in [-0.25, -0.2) is 4.68 Å². The average Bonchev–Trinajstić information content (AvgIpc) is 2.95. The van der Waals surface area contributed by atoms with E-state index in [1.165, 1.54) is 0 Å². The third kappa shape index (κ3) is 4.92. The fourth-order valence-electron chi connectivity index (χ4n) is 2.63. The number of rotatable bonds is 8. The lowest BCUT2D eigenvalue weighted by molar-refractivity contribution is -0.140. The molecule has 0 aliphatic rings. The van der Waals surface area contributed by atoms with E-state index in [1.807, 2.05) is 52.0 Å². The van der Waals surface area contributed by atoms with E-state index in [4.69, 9.17) is 0 Å². The summed E-state index contributed by atoms with van der Waals surface area (Å²) in [5, 5.41) is 19.3. The Labute approximate surface area is 153 Å². The van der Waals surface area contributed by atoms with Crippen LogP contribution in [0.2, 0.25) is 0 Å². The first-order chi connectivity index (χ1) is 12.3. The molecule has 1 amide bonds. The maximum Gasteiger partial charge on any atom is 0.320 e. The number of nitrogens with one attached hydrogen (secondary N) is 2. The molecule has 7 heteroatoms. The Hall–Kier alpha value is -2.67. The number of carboxylic acid groups (broad SMARTS) is 1. The number of aryl methyl sites for hydroxylation is 2. The molecule has 0 unspecified atom stereocenters. The number of nitrogens with zero attached hydrogens (tertiary/aromatic N) is 2. The summed E-state index contributed by atoms with van der Waals surface area (Å²) >= 11 is 0. The van der Waals surface area contributed by atoms with Crippen molar-refractivity contribution in [1.29, 1.82) is 0 Å². The summed E-state index contributed by atoms with van der Waals surface area (Å²) in [6, 6.07) is 8.83. The van der Waals surface area contributed by atoms with E-state index in [1.54, 1.807) is 10.7 Å². The summed E-state index contributed by atoms with van der Waals surface area (Å²) < 4.78 is 1.66. The first-order valence-corrected chi connectivity index (χ1v) is 8.71. The van der Waals surface area contributed by atoms with Gasteiger partial charge in [-0.15, -0.1) is 0 Å². The van der Waals surface area contributed by atoms with Crippen molar-refractivity contribution in [3.05, 3.63) is 41.6 Å². The molecule has 3 N–H and O–H groups in total. The minimum absolute atomic E-state index is 0.0689. The molecule has 0 radical (unpaired) electrons. The molecule has 7 nitrogen and oxygen atoms in total. The van der Waals surface area contributed by atoms with Crippen LogP contribution in [-0.4, -0.2) is 39.4 Å². The van der Waals surface area contributed by atoms with Crippen molar-refractivity contribution < 1.29 is 14.7 Å². The van der Waals surface area contributed by atoms with Gasteiger partial charge in [0.2, 0.25) is 5.91 Å². The van der Waals surface area contributed by atoms with Gasteiger partial charge in [-0.2, -0.15) is 5.10 Å². The van der Waals surface area contributed by atoms with Gasteiger partial charge in [-0.1, -0.05) is 38.0 Å². The molecule has 0 spiro atoms. The monoisotopic (exact) mass is 358 g/mol. The molecule has 0 saturated heterocycles. The first kappa shape index (κ1) is 19.7. The Balaban J connectivity index is 2.07. The molecule has 0 aliphatic carbocycles. The molecule has 2 rings (SSSR count). The van der Waals surface area contributed by atoms with E-state index < -0.39 is 12.0 Å². The molecule has 1 aromatic carbocycles. The normalized spacial score (nSPS) is 13.2. The van der Waals surface area contributed by atoms with Gasteiger partial charge in [0, 0.05) is 6.07 Å². The van der Waals surface area contributed by atoms with E-state index in [0.29, 0.717) is 12.2 Å². The van der Waals surface area contributed by atoms with Gasteiger partial charge in [0.25, 0.3) is 0 Å². The van der Waals surface area contributed by atoms with Gasteiger partial charge in [0.05, 0.1) is 17.9 Å². The molecule has 0 bridgehead atoms. The van der Waals surface area contributed by atoms with Gasteiger partial charge in [-0.3, -0.25) is 14.9 Å². The van der Waals surface area contributed by atoms with Crippen molar-refractivity contribution in [2.24, 2.45) is 5.92 Å². The minimum atomic E-state index is -0.951. The third-order valence-corrected chi connectivity index (χ3v) is 4.34. The molecule has 0 aliphatic heterocycles. The Morgan fingerprint density at radius 1 is 1.23 bits per heavy atom. The fourth-order valence-corrected chi connectivity index (χ4v) is 2.63. The van der Waals surface area contributed by atoms with Crippen LogP contribution in [-0.2, 0) is 9.59 Å². The highest BCUT2D eigenvalue weighted by atomic mass is 16.4. The van der Waals surface area contributed by atoms with Crippen LogP contribution in [0, 0.1) is 19.8 Å². The maximum absolute atomic E-state index is 12.3. The molecule has 140 valence electrons. The van der Waals surface area contributed by atoms with E-state index >= 15 is 0 Å². The van der Waals surface area contributed by atoms with Crippen molar-refractivity contribution in [3.63, 3.8) is 0 Å². The van der Waals surface area contributed by atoms with Crippen LogP contribution in [0.15, 0.2) is 30.3 Å². The summed E-state index contributed by atoms with van der Waals surface area (Å²) in [5.74, 6) is -0.783. The second kappa shape index (κ2) is 8.62. The third-order valence-electron chi connectivity index (χ3n) is 4.34. The van der Waals surface area contributed by atoms with Crippen molar-refractivity contribution in [3.8, 4) is 5.69 Å². The fraction of sp³-hybridized carbons (Fsp3) is 0.421. The largest absolute Gasteiger partial charge is 0.480 e. The van der Waals surface area contributed by atoms with Gasteiger partial charge >= 0.3 is 5.97 Å². The van der Waals surface area contributed by atoms with Crippen LogP contribution in [0.4, 0.5) is 5.82 Å². The summed E-state index contributed by atoms with van der Waals surface area (Å²) in [6.07, 6.45) is 0.713. The summed E-state index contributed by atoms with van der Waals surface area (Å²) in [6.45, 7) is 7.54. The van der Waals surface area contributed by atoms with E-state index in [2.05, 4.69) is 15.7 Å². The number of aromatic nitrogens is 2. The molecule has 0 saturated carbocycles.